The first kappa shape index (κ1) is 13.9. The Labute approximate surface area is 114 Å². The molecule has 1 unspecified atom stereocenters. The summed E-state index contributed by atoms with van der Waals surface area (Å²) in [5.41, 5.74) is 0.659. The van der Waals surface area contributed by atoms with E-state index < -0.39 is 0 Å². The van der Waals surface area contributed by atoms with Crippen LogP contribution in [0.25, 0.3) is 0 Å². The fourth-order valence-corrected chi connectivity index (χ4v) is 2.15. The monoisotopic (exact) mass is 260 g/mol. The van der Waals surface area contributed by atoms with E-state index in [1.807, 2.05) is 12.1 Å². The second-order valence-electron chi connectivity index (χ2n) is 4.69. The lowest BCUT2D eigenvalue weighted by Crippen LogP contribution is -2.43. The van der Waals surface area contributed by atoms with Crippen LogP contribution in [-0.4, -0.2) is 43.9 Å². The summed E-state index contributed by atoms with van der Waals surface area (Å²) in [6, 6.07) is 9.33. The van der Waals surface area contributed by atoms with E-state index in [0.29, 0.717) is 18.3 Å². The normalized spacial score (nSPS) is 19.9. The van der Waals surface area contributed by atoms with Crippen LogP contribution in [0.4, 0.5) is 0 Å². The zero-order chi connectivity index (χ0) is 13.5. The molecule has 1 aliphatic heterocycles. The van der Waals surface area contributed by atoms with Crippen LogP contribution < -0.4 is 4.74 Å². The Bertz CT molecular complexity index is 425. The molecule has 2 rings (SSSR count). The van der Waals surface area contributed by atoms with Gasteiger partial charge in [0.05, 0.1) is 24.3 Å². The van der Waals surface area contributed by atoms with Crippen molar-refractivity contribution in [1.82, 2.24) is 4.90 Å². The van der Waals surface area contributed by atoms with Gasteiger partial charge in [0.25, 0.3) is 0 Å². The lowest BCUT2D eigenvalue weighted by atomic mass is 10.2. The molecule has 0 aliphatic carbocycles. The van der Waals surface area contributed by atoms with Gasteiger partial charge in [0, 0.05) is 19.6 Å². The van der Waals surface area contributed by atoms with Crippen molar-refractivity contribution in [3.05, 3.63) is 29.8 Å². The number of hydrogen-bond acceptors (Lipinski definition) is 4. The van der Waals surface area contributed by atoms with E-state index in [2.05, 4.69) is 17.9 Å². The fraction of sp³-hybridized carbons (Fsp3) is 0.533. The lowest BCUT2D eigenvalue weighted by molar-refractivity contribution is -0.0324. The molecule has 1 saturated heterocycles. The Balaban J connectivity index is 1.72. The highest BCUT2D eigenvalue weighted by Crippen LogP contribution is 2.12. The van der Waals surface area contributed by atoms with Crippen molar-refractivity contribution in [2.24, 2.45) is 0 Å². The molecule has 0 aromatic heterocycles. The van der Waals surface area contributed by atoms with Crippen molar-refractivity contribution in [3.8, 4) is 11.8 Å². The summed E-state index contributed by atoms with van der Waals surface area (Å²) in [5.74, 6) is 0.819. The van der Waals surface area contributed by atoms with Gasteiger partial charge < -0.3 is 9.47 Å². The van der Waals surface area contributed by atoms with E-state index in [1.54, 1.807) is 12.1 Å². The first-order chi connectivity index (χ1) is 9.31. The van der Waals surface area contributed by atoms with Crippen LogP contribution in [0.5, 0.6) is 5.75 Å². The van der Waals surface area contributed by atoms with Gasteiger partial charge in [-0.1, -0.05) is 6.92 Å². The quantitative estimate of drug-likeness (QED) is 0.813. The zero-order valence-corrected chi connectivity index (χ0v) is 11.3. The van der Waals surface area contributed by atoms with Crippen molar-refractivity contribution in [2.45, 2.75) is 19.4 Å². The van der Waals surface area contributed by atoms with Crippen molar-refractivity contribution in [3.63, 3.8) is 0 Å². The van der Waals surface area contributed by atoms with Crippen molar-refractivity contribution in [1.29, 1.82) is 5.26 Å². The lowest BCUT2D eigenvalue weighted by Gasteiger charge is -2.32. The first-order valence-electron chi connectivity index (χ1n) is 6.78. The minimum atomic E-state index is 0.365. The molecule has 1 aliphatic rings. The standard InChI is InChI=1S/C15H20N2O2/c1-2-14-12-17(7-9-18-14)8-10-19-15-5-3-13(11-16)4-6-15/h3-6,14H,2,7-10,12H2,1H3. The molecule has 1 heterocycles. The molecular formula is C15H20N2O2. The highest BCUT2D eigenvalue weighted by atomic mass is 16.5. The Morgan fingerprint density at radius 1 is 1.42 bits per heavy atom. The smallest absolute Gasteiger partial charge is 0.119 e. The molecule has 0 spiro atoms. The van der Waals surface area contributed by atoms with Gasteiger partial charge in [-0.05, 0) is 30.7 Å². The third-order valence-corrected chi connectivity index (χ3v) is 3.34. The molecule has 0 saturated carbocycles. The molecule has 4 heteroatoms. The van der Waals surface area contributed by atoms with Gasteiger partial charge >= 0.3 is 0 Å². The predicted octanol–water partition coefficient (Wildman–Crippen LogP) is 2.05. The average molecular weight is 260 g/mol. The maximum absolute atomic E-state index is 8.71. The van der Waals surface area contributed by atoms with Gasteiger partial charge in [-0.25, -0.2) is 0 Å². The SMILES string of the molecule is CCC1CN(CCOc2ccc(C#N)cc2)CCO1. The largest absolute Gasteiger partial charge is 0.492 e. The van der Waals surface area contributed by atoms with E-state index in [4.69, 9.17) is 14.7 Å². The molecule has 19 heavy (non-hydrogen) atoms. The van der Waals surface area contributed by atoms with Gasteiger partial charge in [-0.15, -0.1) is 0 Å². The number of nitriles is 1. The molecular weight excluding hydrogens is 240 g/mol. The minimum Gasteiger partial charge on any atom is -0.492 e. The molecule has 0 N–H and O–H groups in total. The molecule has 1 aromatic rings. The first-order valence-corrected chi connectivity index (χ1v) is 6.78. The number of rotatable bonds is 5. The number of benzene rings is 1. The van der Waals surface area contributed by atoms with Gasteiger partial charge in [0.1, 0.15) is 12.4 Å². The summed E-state index contributed by atoms with van der Waals surface area (Å²) in [7, 11) is 0. The maximum atomic E-state index is 8.71. The molecule has 1 aromatic carbocycles. The Hall–Kier alpha value is -1.57. The van der Waals surface area contributed by atoms with E-state index in [0.717, 1.165) is 38.4 Å². The van der Waals surface area contributed by atoms with E-state index in [-0.39, 0.29) is 0 Å². The van der Waals surface area contributed by atoms with Crippen LogP contribution in [-0.2, 0) is 4.74 Å². The van der Waals surface area contributed by atoms with Crippen LogP contribution in [0.2, 0.25) is 0 Å². The van der Waals surface area contributed by atoms with Gasteiger partial charge in [-0.2, -0.15) is 5.26 Å². The van der Waals surface area contributed by atoms with E-state index >= 15 is 0 Å². The topological polar surface area (TPSA) is 45.5 Å². The zero-order valence-electron chi connectivity index (χ0n) is 11.3. The number of morpholine rings is 1. The third kappa shape index (κ3) is 4.23. The van der Waals surface area contributed by atoms with Crippen molar-refractivity contribution in [2.75, 3.05) is 32.8 Å². The van der Waals surface area contributed by atoms with E-state index in [1.165, 1.54) is 0 Å². The van der Waals surface area contributed by atoms with Crippen molar-refractivity contribution >= 4 is 0 Å². The van der Waals surface area contributed by atoms with E-state index in [9.17, 15) is 0 Å². The summed E-state index contributed by atoms with van der Waals surface area (Å²) < 4.78 is 11.3. The summed E-state index contributed by atoms with van der Waals surface area (Å²) in [5, 5.41) is 8.71. The molecule has 1 atom stereocenters. The van der Waals surface area contributed by atoms with Crippen LogP contribution in [0.1, 0.15) is 18.9 Å². The van der Waals surface area contributed by atoms with Crippen molar-refractivity contribution < 1.29 is 9.47 Å². The molecule has 102 valence electrons. The predicted molar refractivity (Wildman–Crippen MR) is 73.1 cm³/mol. The highest BCUT2D eigenvalue weighted by molar-refractivity contribution is 5.34. The maximum Gasteiger partial charge on any atom is 0.119 e. The van der Waals surface area contributed by atoms with Crippen LogP contribution in [0.3, 0.4) is 0 Å². The van der Waals surface area contributed by atoms with Gasteiger partial charge in [-0.3, -0.25) is 4.90 Å². The number of hydrogen-bond donors (Lipinski definition) is 0. The molecule has 0 radical (unpaired) electrons. The Kier molecular flexibility index (Phi) is 5.20. The Morgan fingerprint density at radius 2 is 2.21 bits per heavy atom. The van der Waals surface area contributed by atoms with Gasteiger partial charge in [0.2, 0.25) is 0 Å². The second kappa shape index (κ2) is 7.13. The minimum absolute atomic E-state index is 0.365. The molecule has 4 nitrogen and oxygen atoms in total. The van der Waals surface area contributed by atoms with Crippen LogP contribution >= 0.6 is 0 Å². The summed E-state index contributed by atoms with van der Waals surface area (Å²) >= 11 is 0. The second-order valence-corrected chi connectivity index (χ2v) is 4.69. The van der Waals surface area contributed by atoms with Gasteiger partial charge in [0.15, 0.2) is 0 Å². The average Bonchev–Trinajstić information content (AvgIpc) is 2.48. The molecule has 0 bridgehead atoms. The Morgan fingerprint density at radius 3 is 2.89 bits per heavy atom. The summed E-state index contributed by atoms with van der Waals surface area (Å²) in [4.78, 5) is 2.38. The molecule has 0 amide bonds. The molecule has 1 fully saturated rings. The number of ether oxygens (including phenoxy) is 2. The summed E-state index contributed by atoms with van der Waals surface area (Å²) in [6.07, 6.45) is 1.43. The highest BCUT2D eigenvalue weighted by Gasteiger charge is 2.18. The fourth-order valence-electron chi connectivity index (χ4n) is 2.15. The number of nitrogens with zero attached hydrogens (tertiary/aromatic N) is 2. The third-order valence-electron chi connectivity index (χ3n) is 3.34. The van der Waals surface area contributed by atoms with Crippen LogP contribution in [0, 0.1) is 11.3 Å². The summed E-state index contributed by atoms with van der Waals surface area (Å²) in [6.45, 7) is 6.53. The van der Waals surface area contributed by atoms with Crippen LogP contribution in [0.15, 0.2) is 24.3 Å².